The molecule has 118 valence electrons. The van der Waals surface area contributed by atoms with E-state index in [0.717, 1.165) is 0 Å². The van der Waals surface area contributed by atoms with Crippen molar-refractivity contribution in [3.63, 3.8) is 0 Å². The van der Waals surface area contributed by atoms with E-state index in [0.29, 0.717) is 6.42 Å². The van der Waals surface area contributed by atoms with Gasteiger partial charge in [-0.2, -0.15) is 4.40 Å². The standard InChI is InChI=1S/C8H14FNO8S2/c1-2-3-7(11)10-19(13,14)5-8(12)18-4-6(9)20(15,16)17/h6H,2-5H2,1H3,(H,10,11)(H,15,16,17)/p-2. The number of esters is 1. The molecule has 0 aromatic rings. The van der Waals surface area contributed by atoms with E-state index in [1.165, 1.54) is 0 Å². The number of hydrogen-bond acceptors (Lipinski definition) is 8. The zero-order chi connectivity index (χ0) is 16.0. The lowest BCUT2D eigenvalue weighted by Crippen LogP contribution is -2.27. The maximum absolute atomic E-state index is 12.6. The molecule has 0 N–H and O–H groups in total. The van der Waals surface area contributed by atoms with Gasteiger partial charge in [0.25, 0.3) is 10.0 Å². The molecule has 0 spiro atoms. The molecule has 0 amide bonds. The van der Waals surface area contributed by atoms with Crippen molar-refractivity contribution in [3.8, 4) is 0 Å². The number of carbonyl (C=O) groups excluding carboxylic acids is 1. The van der Waals surface area contributed by atoms with Crippen LogP contribution < -0.4 is 5.11 Å². The summed E-state index contributed by atoms with van der Waals surface area (Å²) in [4.78, 5) is 11.0. The molecule has 0 heterocycles. The smallest absolute Gasteiger partial charge is 0.323 e. The van der Waals surface area contributed by atoms with Crippen molar-refractivity contribution >= 4 is 32.0 Å². The van der Waals surface area contributed by atoms with Gasteiger partial charge in [0.15, 0.2) is 5.75 Å². The fourth-order valence-corrected chi connectivity index (χ4v) is 1.96. The fraction of sp³-hybridized carbons (Fsp3) is 0.750. The Morgan fingerprint density at radius 3 is 2.35 bits per heavy atom. The van der Waals surface area contributed by atoms with Crippen LogP contribution in [0.25, 0.3) is 0 Å². The van der Waals surface area contributed by atoms with Gasteiger partial charge in [-0.25, -0.2) is 21.2 Å². The Morgan fingerprint density at radius 1 is 1.35 bits per heavy atom. The second-order valence-corrected chi connectivity index (χ2v) is 6.68. The summed E-state index contributed by atoms with van der Waals surface area (Å²) in [7, 11) is -9.72. The van der Waals surface area contributed by atoms with Gasteiger partial charge in [0.1, 0.15) is 16.7 Å². The Bertz CT molecular complexity index is 567. The molecule has 1 unspecified atom stereocenters. The third-order valence-corrected chi connectivity index (χ3v) is 3.54. The van der Waals surface area contributed by atoms with Crippen LogP contribution in [0, 0.1) is 0 Å². The van der Waals surface area contributed by atoms with Gasteiger partial charge in [-0.05, 0) is 12.3 Å². The number of rotatable bonds is 8. The van der Waals surface area contributed by atoms with E-state index in [2.05, 4.69) is 9.13 Å². The lowest BCUT2D eigenvalue weighted by molar-refractivity contribution is -0.218. The minimum absolute atomic E-state index is 0.130. The topological polar surface area (TPSA) is 153 Å². The van der Waals surface area contributed by atoms with Crippen LogP contribution in [0.4, 0.5) is 4.39 Å². The molecule has 9 nitrogen and oxygen atoms in total. The quantitative estimate of drug-likeness (QED) is 0.219. The van der Waals surface area contributed by atoms with Crippen LogP contribution in [0.2, 0.25) is 0 Å². The number of alkyl halides is 1. The Labute approximate surface area is 115 Å². The molecule has 0 aromatic carbocycles. The average molecular weight is 333 g/mol. The highest BCUT2D eigenvalue weighted by Crippen LogP contribution is 2.02. The first-order chi connectivity index (χ1) is 8.98. The first-order valence-corrected chi connectivity index (χ1v) is 8.29. The molecule has 0 bridgehead atoms. The normalized spacial score (nSPS) is 14.8. The van der Waals surface area contributed by atoms with Gasteiger partial charge in [-0.3, -0.25) is 4.79 Å². The summed E-state index contributed by atoms with van der Waals surface area (Å²) in [6.07, 6.45) is 0.225. The van der Waals surface area contributed by atoms with Gasteiger partial charge in [-0.15, -0.1) is 0 Å². The van der Waals surface area contributed by atoms with Crippen molar-refractivity contribution in [2.75, 3.05) is 12.4 Å². The lowest BCUT2D eigenvalue weighted by atomic mass is 10.3. The lowest BCUT2D eigenvalue weighted by Gasteiger charge is -2.12. The molecule has 0 aliphatic rings. The highest BCUT2D eigenvalue weighted by Gasteiger charge is 2.21. The summed E-state index contributed by atoms with van der Waals surface area (Å²) in [5, 5.41) is 11.0. The number of nitrogens with zero attached hydrogens (tertiary/aromatic N) is 1. The molecule has 0 aliphatic heterocycles. The zero-order valence-corrected chi connectivity index (χ0v) is 11.9. The molecule has 12 heteroatoms. The molecule has 0 saturated heterocycles. The minimum atomic E-state index is -5.29. The zero-order valence-electron chi connectivity index (χ0n) is 10.3. The van der Waals surface area contributed by atoms with Crippen LogP contribution >= 0.6 is 0 Å². The summed E-state index contributed by atoms with van der Waals surface area (Å²) in [5.74, 6) is -3.83. The first kappa shape index (κ1) is 18.7. The van der Waals surface area contributed by atoms with E-state index in [9.17, 15) is 35.7 Å². The van der Waals surface area contributed by atoms with Gasteiger partial charge < -0.3 is 14.4 Å². The monoisotopic (exact) mass is 333 g/mol. The summed E-state index contributed by atoms with van der Waals surface area (Å²) in [6.45, 7) is 0.183. The molecular weight excluding hydrogens is 321 g/mol. The molecule has 20 heavy (non-hydrogen) atoms. The minimum Gasteiger partial charge on any atom is -0.861 e. The maximum Gasteiger partial charge on any atom is 0.323 e. The van der Waals surface area contributed by atoms with Crippen LogP contribution in [-0.4, -0.2) is 51.1 Å². The maximum atomic E-state index is 12.6. The van der Waals surface area contributed by atoms with E-state index in [1.807, 2.05) is 0 Å². The predicted molar refractivity (Wildman–Crippen MR) is 61.7 cm³/mol. The van der Waals surface area contributed by atoms with E-state index in [-0.39, 0.29) is 6.42 Å². The summed E-state index contributed by atoms with van der Waals surface area (Å²) in [5.41, 5.74) is -2.99. The Balaban J connectivity index is 4.51. The molecular formula is C8H12FNO8S2-2. The molecule has 0 fully saturated rings. The number of hydrogen-bond donors (Lipinski definition) is 0. The van der Waals surface area contributed by atoms with Crippen LogP contribution in [0.3, 0.4) is 0 Å². The van der Waals surface area contributed by atoms with Crippen molar-refractivity contribution in [1.29, 1.82) is 0 Å². The van der Waals surface area contributed by atoms with Gasteiger partial charge in [0.2, 0.25) is 5.50 Å². The van der Waals surface area contributed by atoms with E-state index in [1.54, 1.807) is 6.92 Å². The largest absolute Gasteiger partial charge is 0.861 e. The highest BCUT2D eigenvalue weighted by atomic mass is 32.2. The van der Waals surface area contributed by atoms with E-state index in [4.69, 9.17) is 0 Å². The Hall–Kier alpha value is -1.27. The van der Waals surface area contributed by atoms with Crippen molar-refractivity contribution in [1.82, 2.24) is 0 Å². The van der Waals surface area contributed by atoms with Gasteiger partial charge >= 0.3 is 5.97 Å². The second-order valence-electron chi connectivity index (χ2n) is 3.55. The molecule has 1 atom stereocenters. The van der Waals surface area contributed by atoms with Crippen LogP contribution in [0.1, 0.15) is 19.8 Å². The molecule has 0 aromatic heterocycles. The molecule has 0 rings (SSSR count). The summed E-state index contributed by atoms with van der Waals surface area (Å²) >= 11 is 0. The number of carbonyl (C=O) groups is 1. The Kier molecular flexibility index (Phi) is 7.02. The van der Waals surface area contributed by atoms with Crippen LogP contribution in [0.15, 0.2) is 4.40 Å². The number of halogens is 1. The summed E-state index contributed by atoms with van der Waals surface area (Å²) < 4.78 is 72.2. The molecule has 0 aliphatic carbocycles. The average Bonchev–Trinajstić information content (AvgIpc) is 2.22. The second kappa shape index (κ2) is 7.50. The van der Waals surface area contributed by atoms with Crippen molar-refractivity contribution in [2.45, 2.75) is 25.3 Å². The van der Waals surface area contributed by atoms with Gasteiger partial charge in [-0.1, -0.05) is 13.3 Å². The number of sulfonamides is 1. The molecule has 0 radical (unpaired) electrons. The predicted octanol–water partition coefficient (Wildman–Crippen LogP) is -1.74. The highest BCUT2D eigenvalue weighted by molar-refractivity contribution is 7.90. The van der Waals surface area contributed by atoms with Crippen LogP contribution in [0.5, 0.6) is 0 Å². The van der Waals surface area contributed by atoms with Crippen molar-refractivity contribution in [3.05, 3.63) is 0 Å². The first-order valence-electron chi connectivity index (χ1n) is 5.21. The Morgan fingerprint density at radius 2 is 1.90 bits per heavy atom. The number of ether oxygens (including phenoxy) is 1. The fourth-order valence-electron chi connectivity index (χ4n) is 0.879. The van der Waals surface area contributed by atoms with E-state index < -0.39 is 49.9 Å². The SMILES string of the molecule is CCC/C([O-])=N/S(=O)(=O)CC(=O)OCC(F)S(=O)(=O)[O-]. The van der Waals surface area contributed by atoms with Crippen molar-refractivity contribution < 1.29 is 40.4 Å². The third kappa shape index (κ3) is 8.01. The summed E-state index contributed by atoms with van der Waals surface area (Å²) in [6, 6.07) is 0. The van der Waals surface area contributed by atoms with Crippen LogP contribution in [-0.2, 0) is 29.7 Å². The van der Waals surface area contributed by atoms with E-state index >= 15 is 0 Å². The van der Waals surface area contributed by atoms with Gasteiger partial charge in [0.05, 0.1) is 0 Å². The third-order valence-electron chi connectivity index (χ3n) is 1.69. The van der Waals surface area contributed by atoms with Gasteiger partial charge in [0, 0.05) is 0 Å². The van der Waals surface area contributed by atoms with Crippen molar-refractivity contribution in [2.24, 2.45) is 4.40 Å². The molecule has 0 saturated carbocycles.